The van der Waals surface area contributed by atoms with E-state index in [-0.39, 0.29) is 17.6 Å². The Morgan fingerprint density at radius 1 is 1.04 bits per heavy atom. The summed E-state index contributed by atoms with van der Waals surface area (Å²) in [7, 11) is 0. The van der Waals surface area contributed by atoms with Crippen LogP contribution < -0.4 is 5.32 Å². The lowest BCUT2D eigenvalue weighted by molar-refractivity contribution is -0.145. The number of carbonyl (C=O) groups excluding carboxylic acids is 1. The van der Waals surface area contributed by atoms with Crippen molar-refractivity contribution in [3.8, 4) is 0 Å². The minimum absolute atomic E-state index is 0.182. The zero-order valence-electron chi connectivity index (χ0n) is 14.3. The van der Waals surface area contributed by atoms with E-state index >= 15 is 0 Å². The molecule has 0 unspecified atom stereocenters. The summed E-state index contributed by atoms with van der Waals surface area (Å²) in [6.45, 7) is 1.13. The Balaban J connectivity index is 1.68. The maximum atomic E-state index is 13.0. The third-order valence-corrected chi connectivity index (χ3v) is 5.40. The van der Waals surface area contributed by atoms with Crippen LogP contribution in [0.5, 0.6) is 0 Å². The number of carboxylic acid groups (broad SMARTS) is 1. The van der Waals surface area contributed by atoms with Gasteiger partial charge in [0.2, 0.25) is 5.91 Å². The molecule has 1 aliphatic heterocycles. The van der Waals surface area contributed by atoms with Gasteiger partial charge in [-0.2, -0.15) is 0 Å². The third-order valence-electron chi connectivity index (χ3n) is 5.40. The van der Waals surface area contributed by atoms with Crippen molar-refractivity contribution in [1.82, 2.24) is 4.90 Å². The van der Waals surface area contributed by atoms with Crippen LogP contribution in [0.3, 0.4) is 0 Å². The Hall–Kier alpha value is -1.95. The fourth-order valence-electron chi connectivity index (χ4n) is 4.02. The molecule has 25 heavy (non-hydrogen) atoms. The lowest BCUT2D eigenvalue weighted by Crippen LogP contribution is -2.51. The highest BCUT2D eigenvalue weighted by Gasteiger charge is 2.37. The number of nitrogens with one attached hydrogen (secondary N) is 1. The van der Waals surface area contributed by atoms with Gasteiger partial charge in [0, 0.05) is 24.8 Å². The van der Waals surface area contributed by atoms with Gasteiger partial charge in [0.15, 0.2) is 0 Å². The average Bonchev–Trinajstić information content (AvgIpc) is 2.64. The molecule has 1 aliphatic carbocycles. The molecule has 5 nitrogen and oxygen atoms in total. The topological polar surface area (TPSA) is 69.6 Å². The molecule has 6 heteroatoms. The lowest BCUT2D eigenvalue weighted by Gasteiger charge is -2.41. The number of rotatable bonds is 4. The third kappa shape index (κ3) is 4.57. The smallest absolute Gasteiger partial charge is 0.307 e. The van der Waals surface area contributed by atoms with E-state index in [9.17, 15) is 19.1 Å². The van der Waals surface area contributed by atoms with Crippen molar-refractivity contribution in [3.05, 3.63) is 30.1 Å². The van der Waals surface area contributed by atoms with Crippen LogP contribution in [0, 0.1) is 17.7 Å². The molecule has 1 saturated heterocycles. The fourth-order valence-corrected chi connectivity index (χ4v) is 4.02. The Bertz CT molecular complexity index is 614. The molecule has 3 rings (SSSR count). The first-order valence-corrected chi connectivity index (χ1v) is 9.06. The number of benzene rings is 1. The van der Waals surface area contributed by atoms with Crippen LogP contribution in [-0.2, 0) is 9.59 Å². The van der Waals surface area contributed by atoms with Crippen LogP contribution in [0.15, 0.2) is 24.3 Å². The summed E-state index contributed by atoms with van der Waals surface area (Å²) in [6, 6.07) is 6.01. The average molecular weight is 348 g/mol. The summed E-state index contributed by atoms with van der Waals surface area (Å²) in [4.78, 5) is 26.4. The van der Waals surface area contributed by atoms with Gasteiger partial charge in [-0.25, -0.2) is 4.39 Å². The molecule has 1 amide bonds. The first kappa shape index (κ1) is 17.9. The second-order valence-corrected chi connectivity index (χ2v) is 7.21. The largest absolute Gasteiger partial charge is 0.481 e. The van der Waals surface area contributed by atoms with Crippen molar-refractivity contribution < 1.29 is 19.1 Å². The van der Waals surface area contributed by atoms with Gasteiger partial charge in [0.25, 0.3) is 0 Å². The first-order valence-electron chi connectivity index (χ1n) is 9.06. The number of hydrogen-bond acceptors (Lipinski definition) is 3. The quantitative estimate of drug-likeness (QED) is 0.877. The summed E-state index contributed by atoms with van der Waals surface area (Å²) in [6.07, 6.45) is 6.10. The molecule has 1 saturated carbocycles. The van der Waals surface area contributed by atoms with Gasteiger partial charge in [-0.15, -0.1) is 0 Å². The Morgan fingerprint density at radius 3 is 2.32 bits per heavy atom. The van der Waals surface area contributed by atoms with E-state index in [1.807, 2.05) is 0 Å². The minimum atomic E-state index is -0.833. The molecule has 0 spiro atoms. The molecular weight excluding hydrogens is 323 g/mol. The van der Waals surface area contributed by atoms with Crippen molar-refractivity contribution >= 4 is 17.6 Å². The molecule has 0 aromatic heterocycles. The van der Waals surface area contributed by atoms with Gasteiger partial charge in [-0.1, -0.05) is 19.3 Å². The predicted octanol–water partition coefficient (Wildman–Crippen LogP) is 3.12. The van der Waals surface area contributed by atoms with Crippen LogP contribution in [0.2, 0.25) is 0 Å². The molecule has 0 radical (unpaired) electrons. The molecule has 136 valence electrons. The summed E-state index contributed by atoms with van der Waals surface area (Å²) in [5.74, 6) is -2.25. The maximum absolute atomic E-state index is 13.0. The van der Waals surface area contributed by atoms with Gasteiger partial charge in [-0.05, 0) is 43.5 Å². The van der Waals surface area contributed by atoms with Crippen molar-refractivity contribution in [3.63, 3.8) is 0 Å². The first-order chi connectivity index (χ1) is 12.0. The molecular formula is C19H25FN2O3. The summed E-state index contributed by atoms with van der Waals surface area (Å²) >= 11 is 0. The molecule has 2 fully saturated rings. The van der Waals surface area contributed by atoms with Crippen molar-refractivity contribution in [2.24, 2.45) is 11.8 Å². The molecule has 0 bridgehead atoms. The van der Waals surface area contributed by atoms with Crippen LogP contribution in [-0.4, -0.2) is 41.0 Å². The number of hydrogen-bond donors (Lipinski definition) is 2. The van der Waals surface area contributed by atoms with Crippen LogP contribution in [0.25, 0.3) is 0 Å². The number of aliphatic carboxylic acids is 1. The molecule has 1 aromatic carbocycles. The van der Waals surface area contributed by atoms with Crippen LogP contribution in [0.1, 0.15) is 38.5 Å². The second kappa shape index (κ2) is 7.95. The minimum Gasteiger partial charge on any atom is -0.481 e. The number of carbonyl (C=O) groups is 2. The number of nitrogens with zero attached hydrogens (tertiary/aromatic N) is 1. The Morgan fingerprint density at radius 2 is 1.68 bits per heavy atom. The number of likely N-dealkylation sites (tertiary alicyclic amines) is 1. The van der Waals surface area contributed by atoms with Gasteiger partial charge < -0.3 is 10.4 Å². The molecule has 1 aromatic rings. The van der Waals surface area contributed by atoms with E-state index in [0.29, 0.717) is 31.2 Å². The Kier molecular flexibility index (Phi) is 5.68. The van der Waals surface area contributed by atoms with Crippen LogP contribution in [0.4, 0.5) is 10.1 Å². The number of carboxylic acids is 1. The SMILES string of the molecule is O=C(O)[C@H]1C[C@H](C(=O)Nc2ccc(F)cc2)CN(C2CCCCC2)C1. The number of amides is 1. The Labute approximate surface area is 147 Å². The van der Waals surface area contributed by atoms with E-state index in [2.05, 4.69) is 10.2 Å². The highest BCUT2D eigenvalue weighted by atomic mass is 19.1. The normalized spacial score (nSPS) is 25.5. The maximum Gasteiger partial charge on any atom is 0.307 e. The molecule has 2 N–H and O–H groups in total. The molecule has 1 heterocycles. The monoisotopic (exact) mass is 348 g/mol. The van der Waals surface area contributed by atoms with E-state index in [1.165, 1.54) is 43.5 Å². The van der Waals surface area contributed by atoms with Gasteiger partial charge >= 0.3 is 5.97 Å². The van der Waals surface area contributed by atoms with Gasteiger partial charge in [0.1, 0.15) is 5.82 Å². The number of piperidine rings is 1. The van der Waals surface area contributed by atoms with E-state index in [0.717, 1.165) is 12.8 Å². The standard InChI is InChI=1S/C19H25FN2O3/c20-15-6-8-16(9-7-15)21-18(23)13-10-14(19(24)25)12-22(11-13)17-4-2-1-3-5-17/h6-9,13-14,17H,1-5,10-12H2,(H,21,23)(H,24,25)/t13-,14-/m0/s1. The van der Waals surface area contributed by atoms with Crippen molar-refractivity contribution in [2.75, 3.05) is 18.4 Å². The summed E-state index contributed by atoms with van der Waals surface area (Å²) in [5.41, 5.74) is 0.535. The van der Waals surface area contributed by atoms with Gasteiger partial charge in [0.05, 0.1) is 11.8 Å². The lowest BCUT2D eigenvalue weighted by atomic mass is 9.85. The fraction of sp³-hybridized carbons (Fsp3) is 0.579. The van der Waals surface area contributed by atoms with Crippen molar-refractivity contribution in [1.29, 1.82) is 0 Å². The molecule has 2 atom stereocenters. The van der Waals surface area contributed by atoms with Gasteiger partial charge in [-0.3, -0.25) is 14.5 Å². The van der Waals surface area contributed by atoms with Crippen molar-refractivity contribution in [2.45, 2.75) is 44.6 Å². The second-order valence-electron chi connectivity index (χ2n) is 7.21. The summed E-state index contributed by atoms with van der Waals surface area (Å²) in [5, 5.41) is 12.3. The highest BCUT2D eigenvalue weighted by Crippen LogP contribution is 2.30. The summed E-state index contributed by atoms with van der Waals surface area (Å²) < 4.78 is 13.0. The number of anilines is 1. The highest BCUT2D eigenvalue weighted by molar-refractivity contribution is 5.93. The van der Waals surface area contributed by atoms with E-state index < -0.39 is 11.9 Å². The van der Waals surface area contributed by atoms with E-state index in [1.54, 1.807) is 0 Å². The molecule has 2 aliphatic rings. The van der Waals surface area contributed by atoms with E-state index in [4.69, 9.17) is 0 Å². The predicted molar refractivity (Wildman–Crippen MR) is 92.7 cm³/mol. The van der Waals surface area contributed by atoms with Crippen LogP contribution >= 0.6 is 0 Å². The zero-order chi connectivity index (χ0) is 17.8. The zero-order valence-corrected chi connectivity index (χ0v) is 14.3. The number of halogens is 1.